The Morgan fingerprint density at radius 1 is 1.25 bits per heavy atom. The quantitative estimate of drug-likeness (QED) is 0.786. The van der Waals surface area contributed by atoms with Crippen molar-refractivity contribution in [2.75, 3.05) is 0 Å². The Morgan fingerprint density at radius 3 is 2.70 bits per heavy atom. The molecule has 4 nitrogen and oxygen atoms in total. The van der Waals surface area contributed by atoms with E-state index in [9.17, 15) is 14.3 Å². The van der Waals surface area contributed by atoms with E-state index in [1.165, 1.54) is 28.8 Å². The van der Waals surface area contributed by atoms with Crippen LogP contribution in [0, 0.1) is 5.82 Å². The van der Waals surface area contributed by atoms with Gasteiger partial charge < -0.3 is 5.11 Å². The highest BCUT2D eigenvalue weighted by Gasteiger charge is 2.21. The average Bonchev–Trinajstić information content (AvgIpc) is 2.77. The number of hydrogen-bond acceptors (Lipinski definition) is 2. The van der Waals surface area contributed by atoms with Crippen LogP contribution < -0.4 is 0 Å². The molecule has 0 amide bonds. The number of fused-ring (bicyclic) bond motifs is 1. The van der Waals surface area contributed by atoms with Crippen molar-refractivity contribution in [3.05, 3.63) is 59.1 Å². The maximum Gasteiger partial charge on any atom is 0.355 e. The molecule has 0 spiro atoms. The molecule has 0 bridgehead atoms. The summed E-state index contributed by atoms with van der Waals surface area (Å²) in [7, 11) is 0. The first-order valence-electron chi connectivity index (χ1n) is 5.74. The molecular weight excluding hydrogens is 283 g/mol. The molecule has 3 aromatic rings. The number of imidazole rings is 1. The molecule has 100 valence electrons. The highest BCUT2D eigenvalue weighted by Crippen LogP contribution is 2.27. The van der Waals surface area contributed by atoms with E-state index in [0.29, 0.717) is 10.7 Å². The minimum atomic E-state index is -1.20. The topological polar surface area (TPSA) is 54.6 Å². The van der Waals surface area contributed by atoms with E-state index >= 15 is 0 Å². The molecule has 0 saturated carbocycles. The Labute approximate surface area is 118 Å². The van der Waals surface area contributed by atoms with Gasteiger partial charge in [0.15, 0.2) is 5.69 Å². The number of rotatable bonds is 2. The number of carbonyl (C=O) groups is 1. The van der Waals surface area contributed by atoms with E-state index in [1.807, 2.05) is 0 Å². The van der Waals surface area contributed by atoms with Crippen LogP contribution in [-0.4, -0.2) is 20.5 Å². The number of pyridine rings is 1. The van der Waals surface area contributed by atoms with Gasteiger partial charge in [-0.1, -0.05) is 23.7 Å². The second kappa shape index (κ2) is 4.61. The Kier molecular flexibility index (Phi) is 2.91. The van der Waals surface area contributed by atoms with Gasteiger partial charge in [0.05, 0.1) is 5.02 Å². The summed E-state index contributed by atoms with van der Waals surface area (Å²) in [4.78, 5) is 15.7. The molecule has 2 aromatic heterocycles. The third-order valence-corrected chi connectivity index (χ3v) is 3.14. The second-order valence-electron chi connectivity index (χ2n) is 4.17. The van der Waals surface area contributed by atoms with Crippen molar-refractivity contribution in [3.8, 4) is 11.3 Å². The number of nitrogens with zero attached hydrogens (tertiary/aromatic N) is 2. The number of benzene rings is 1. The van der Waals surface area contributed by atoms with Crippen LogP contribution in [0.25, 0.3) is 16.9 Å². The summed E-state index contributed by atoms with van der Waals surface area (Å²) in [6.07, 6.45) is 1.44. The first-order chi connectivity index (χ1) is 9.58. The number of hydrogen-bond donors (Lipinski definition) is 1. The normalized spacial score (nSPS) is 10.9. The van der Waals surface area contributed by atoms with Gasteiger partial charge in [0, 0.05) is 11.8 Å². The molecule has 0 aliphatic carbocycles. The standard InChI is InChI=1S/C14H8ClFN2O2/c15-8-5-6-11-17-12(9-3-1-2-4-10(9)16)13(14(19)20)18(11)7-8/h1-7H,(H,19,20). The maximum absolute atomic E-state index is 13.9. The first kappa shape index (κ1) is 12.6. The highest BCUT2D eigenvalue weighted by atomic mass is 35.5. The maximum atomic E-state index is 13.9. The monoisotopic (exact) mass is 290 g/mol. The van der Waals surface area contributed by atoms with Gasteiger partial charge in [0.25, 0.3) is 0 Å². The smallest absolute Gasteiger partial charge is 0.355 e. The molecule has 0 aliphatic heterocycles. The average molecular weight is 291 g/mol. The van der Waals surface area contributed by atoms with Gasteiger partial charge in [0.1, 0.15) is 17.2 Å². The summed E-state index contributed by atoms with van der Waals surface area (Å²) in [5.74, 6) is -1.72. The fraction of sp³-hybridized carbons (Fsp3) is 0. The predicted octanol–water partition coefficient (Wildman–Crippen LogP) is 3.49. The number of carboxylic acid groups (broad SMARTS) is 1. The lowest BCUT2D eigenvalue weighted by Gasteiger charge is -2.01. The molecule has 2 heterocycles. The van der Waals surface area contributed by atoms with Crippen molar-refractivity contribution in [2.24, 2.45) is 0 Å². The third kappa shape index (κ3) is 1.92. The summed E-state index contributed by atoms with van der Waals surface area (Å²) in [5.41, 5.74) is 0.500. The van der Waals surface area contributed by atoms with Crippen molar-refractivity contribution < 1.29 is 14.3 Å². The van der Waals surface area contributed by atoms with Crippen molar-refractivity contribution in [1.29, 1.82) is 0 Å². The van der Waals surface area contributed by atoms with Crippen LogP contribution in [-0.2, 0) is 0 Å². The zero-order valence-corrected chi connectivity index (χ0v) is 10.8. The van der Waals surface area contributed by atoms with E-state index < -0.39 is 11.8 Å². The van der Waals surface area contributed by atoms with Gasteiger partial charge in [-0.2, -0.15) is 0 Å². The summed E-state index contributed by atoms with van der Waals surface area (Å²) < 4.78 is 15.2. The molecule has 1 aromatic carbocycles. The minimum absolute atomic E-state index is 0.0814. The van der Waals surface area contributed by atoms with E-state index in [0.717, 1.165) is 0 Å². The summed E-state index contributed by atoms with van der Waals surface area (Å²) in [6, 6.07) is 9.09. The zero-order chi connectivity index (χ0) is 14.3. The molecule has 0 radical (unpaired) electrons. The molecule has 6 heteroatoms. The molecule has 0 atom stereocenters. The number of aromatic carboxylic acids is 1. The van der Waals surface area contributed by atoms with Crippen molar-refractivity contribution in [3.63, 3.8) is 0 Å². The van der Waals surface area contributed by atoms with E-state index in [-0.39, 0.29) is 17.0 Å². The van der Waals surface area contributed by atoms with Crippen LogP contribution in [0.4, 0.5) is 4.39 Å². The number of aromatic nitrogens is 2. The van der Waals surface area contributed by atoms with E-state index in [4.69, 9.17) is 11.6 Å². The van der Waals surface area contributed by atoms with Crippen LogP contribution in [0.2, 0.25) is 5.02 Å². The van der Waals surface area contributed by atoms with Crippen LogP contribution in [0.15, 0.2) is 42.6 Å². The Morgan fingerprint density at radius 2 is 2.00 bits per heavy atom. The van der Waals surface area contributed by atoms with Gasteiger partial charge in [0.2, 0.25) is 0 Å². The lowest BCUT2D eigenvalue weighted by atomic mass is 10.1. The second-order valence-corrected chi connectivity index (χ2v) is 4.61. The molecule has 0 fully saturated rings. The number of halogens is 2. The molecule has 0 aliphatic rings. The first-order valence-corrected chi connectivity index (χ1v) is 6.11. The van der Waals surface area contributed by atoms with Crippen LogP contribution in [0.1, 0.15) is 10.5 Å². The third-order valence-electron chi connectivity index (χ3n) is 2.91. The Hall–Kier alpha value is -2.40. The van der Waals surface area contributed by atoms with E-state index in [2.05, 4.69) is 4.98 Å². The number of carboxylic acids is 1. The molecule has 20 heavy (non-hydrogen) atoms. The van der Waals surface area contributed by atoms with Crippen molar-refractivity contribution in [1.82, 2.24) is 9.38 Å². The lowest BCUT2D eigenvalue weighted by Crippen LogP contribution is -2.04. The largest absolute Gasteiger partial charge is 0.476 e. The van der Waals surface area contributed by atoms with Crippen LogP contribution in [0.5, 0.6) is 0 Å². The molecule has 1 N–H and O–H groups in total. The molecular formula is C14H8ClFN2O2. The summed E-state index contributed by atoms with van der Waals surface area (Å²) in [6.45, 7) is 0. The summed E-state index contributed by atoms with van der Waals surface area (Å²) >= 11 is 5.87. The van der Waals surface area contributed by atoms with Gasteiger partial charge in [-0.05, 0) is 24.3 Å². The van der Waals surface area contributed by atoms with Crippen LogP contribution in [0.3, 0.4) is 0 Å². The Bertz CT molecular complexity index is 829. The molecule has 3 rings (SSSR count). The van der Waals surface area contributed by atoms with Gasteiger partial charge in [-0.15, -0.1) is 0 Å². The predicted molar refractivity (Wildman–Crippen MR) is 72.6 cm³/mol. The fourth-order valence-corrected chi connectivity index (χ4v) is 2.22. The lowest BCUT2D eigenvalue weighted by molar-refractivity contribution is 0.0690. The minimum Gasteiger partial charge on any atom is -0.476 e. The summed E-state index contributed by atoms with van der Waals surface area (Å²) in [5, 5.41) is 9.74. The van der Waals surface area contributed by atoms with Crippen molar-refractivity contribution >= 4 is 23.2 Å². The van der Waals surface area contributed by atoms with Gasteiger partial charge in [-0.3, -0.25) is 4.40 Å². The van der Waals surface area contributed by atoms with E-state index in [1.54, 1.807) is 18.2 Å². The zero-order valence-electron chi connectivity index (χ0n) is 10.0. The fourth-order valence-electron chi connectivity index (χ4n) is 2.06. The SMILES string of the molecule is O=C(O)c1c(-c2ccccc2F)nc2ccc(Cl)cn12. The molecule has 0 unspecified atom stereocenters. The van der Waals surface area contributed by atoms with Gasteiger partial charge in [-0.25, -0.2) is 14.2 Å². The van der Waals surface area contributed by atoms with Gasteiger partial charge >= 0.3 is 5.97 Å². The Balaban J connectivity index is 2.39. The molecule has 0 saturated heterocycles. The van der Waals surface area contributed by atoms with Crippen LogP contribution >= 0.6 is 11.6 Å². The highest BCUT2D eigenvalue weighted by molar-refractivity contribution is 6.30. The van der Waals surface area contributed by atoms with Crippen molar-refractivity contribution in [2.45, 2.75) is 0 Å².